The molecule has 3 aromatic heterocycles. The summed E-state index contributed by atoms with van der Waals surface area (Å²) in [5.41, 5.74) is 4.69. The van der Waals surface area contributed by atoms with Crippen LogP contribution in [0.1, 0.15) is 40.9 Å². The minimum absolute atomic E-state index is 0. The van der Waals surface area contributed by atoms with Crippen LogP contribution in [0, 0.1) is 13.8 Å². The van der Waals surface area contributed by atoms with E-state index in [2.05, 4.69) is 47.2 Å². The summed E-state index contributed by atoms with van der Waals surface area (Å²) in [7, 11) is 0. The molecule has 0 radical (unpaired) electrons. The average Bonchev–Trinajstić information content (AvgIpc) is 2.67. The Kier molecular flexibility index (Phi) is 8.79. The van der Waals surface area contributed by atoms with Crippen molar-refractivity contribution in [3.8, 4) is 0 Å². The summed E-state index contributed by atoms with van der Waals surface area (Å²) < 4.78 is 1.06. The molecule has 8 heteroatoms. The largest absolute Gasteiger partial charge is 0.356 e. The molecule has 154 valence electrons. The van der Waals surface area contributed by atoms with Crippen LogP contribution in [-0.2, 0) is 12.8 Å². The monoisotopic (exact) mass is 477 g/mol. The van der Waals surface area contributed by atoms with Gasteiger partial charge in [-0.15, -0.1) is 12.4 Å². The van der Waals surface area contributed by atoms with Crippen molar-refractivity contribution in [3.05, 3.63) is 79.7 Å². The van der Waals surface area contributed by atoms with E-state index >= 15 is 0 Å². The lowest BCUT2D eigenvalue weighted by Gasteiger charge is -2.07. The molecular weight excluding hydrogens is 454 g/mol. The van der Waals surface area contributed by atoms with Crippen molar-refractivity contribution in [1.29, 1.82) is 0 Å². The first kappa shape index (κ1) is 23.0. The van der Waals surface area contributed by atoms with Gasteiger partial charge in [-0.25, -0.2) is 4.98 Å². The standard InChI is InChI=1S/C21H24BrN5O.ClH/c1-14-9-18(22)19(25-11-14)5-3-4-8-23-21-26-13-17(20(28)27-21)10-16-7-6-15(2)24-12-16;/h6-7,9,11-13H,3-5,8,10H2,1-2H3,(H2,23,26,27,28);1H. The number of H-pyrrole nitrogens is 1. The summed E-state index contributed by atoms with van der Waals surface area (Å²) in [6.07, 6.45) is 8.72. The Bertz CT molecular complexity index is 991. The lowest BCUT2D eigenvalue weighted by Crippen LogP contribution is -2.17. The van der Waals surface area contributed by atoms with Gasteiger partial charge in [0.2, 0.25) is 5.95 Å². The molecule has 0 unspecified atom stereocenters. The lowest BCUT2D eigenvalue weighted by atomic mass is 10.1. The van der Waals surface area contributed by atoms with Crippen molar-refractivity contribution in [2.75, 3.05) is 11.9 Å². The molecule has 0 spiro atoms. The van der Waals surface area contributed by atoms with Crippen LogP contribution in [0.15, 0.2) is 46.1 Å². The molecule has 0 aliphatic rings. The molecule has 0 atom stereocenters. The van der Waals surface area contributed by atoms with Crippen LogP contribution in [0.25, 0.3) is 0 Å². The quantitative estimate of drug-likeness (QED) is 0.469. The van der Waals surface area contributed by atoms with E-state index in [4.69, 9.17) is 0 Å². The first-order chi connectivity index (χ1) is 13.5. The van der Waals surface area contributed by atoms with Gasteiger partial charge in [-0.3, -0.25) is 19.7 Å². The fourth-order valence-corrected chi connectivity index (χ4v) is 3.49. The molecule has 0 aliphatic carbocycles. The van der Waals surface area contributed by atoms with Crippen molar-refractivity contribution in [2.24, 2.45) is 0 Å². The van der Waals surface area contributed by atoms with E-state index in [1.807, 2.05) is 32.2 Å². The molecule has 2 N–H and O–H groups in total. The summed E-state index contributed by atoms with van der Waals surface area (Å²) in [6.45, 7) is 4.71. The Hall–Kier alpha value is -2.25. The van der Waals surface area contributed by atoms with Crippen LogP contribution >= 0.6 is 28.3 Å². The van der Waals surface area contributed by atoms with Gasteiger partial charge < -0.3 is 5.32 Å². The Morgan fingerprint density at radius 3 is 2.59 bits per heavy atom. The molecule has 0 saturated heterocycles. The number of aryl methyl sites for hydroxylation is 3. The van der Waals surface area contributed by atoms with Gasteiger partial charge in [0.1, 0.15) is 0 Å². The summed E-state index contributed by atoms with van der Waals surface area (Å²) in [6, 6.07) is 6.01. The average molecular weight is 479 g/mol. The zero-order chi connectivity index (χ0) is 19.9. The molecule has 3 aromatic rings. The van der Waals surface area contributed by atoms with Gasteiger partial charge in [0.15, 0.2) is 0 Å². The van der Waals surface area contributed by atoms with E-state index in [-0.39, 0.29) is 18.0 Å². The molecule has 29 heavy (non-hydrogen) atoms. The molecule has 3 heterocycles. The normalized spacial score (nSPS) is 10.4. The number of rotatable bonds is 8. The highest BCUT2D eigenvalue weighted by atomic mass is 79.9. The van der Waals surface area contributed by atoms with E-state index in [0.717, 1.165) is 52.8 Å². The Morgan fingerprint density at radius 1 is 1.07 bits per heavy atom. The molecular formula is C21H25BrClN5O. The second kappa shape index (κ2) is 11.1. The highest BCUT2D eigenvalue weighted by Crippen LogP contribution is 2.17. The number of hydrogen-bond acceptors (Lipinski definition) is 5. The molecule has 0 aromatic carbocycles. The number of nitrogens with one attached hydrogen (secondary N) is 2. The zero-order valence-electron chi connectivity index (χ0n) is 16.5. The van der Waals surface area contributed by atoms with Gasteiger partial charge >= 0.3 is 0 Å². The fourth-order valence-electron chi connectivity index (χ4n) is 2.83. The van der Waals surface area contributed by atoms with Gasteiger partial charge in [-0.1, -0.05) is 6.07 Å². The minimum Gasteiger partial charge on any atom is -0.356 e. The predicted molar refractivity (Wildman–Crippen MR) is 122 cm³/mol. The van der Waals surface area contributed by atoms with Crippen LogP contribution in [0.5, 0.6) is 0 Å². The molecule has 0 bridgehead atoms. The number of aromatic nitrogens is 4. The van der Waals surface area contributed by atoms with Crippen molar-refractivity contribution < 1.29 is 0 Å². The number of anilines is 1. The van der Waals surface area contributed by atoms with Gasteiger partial charge in [0.05, 0.1) is 5.69 Å². The predicted octanol–water partition coefficient (Wildman–Crippen LogP) is 4.39. The molecule has 0 saturated carbocycles. The molecule has 3 rings (SSSR count). The highest BCUT2D eigenvalue weighted by Gasteiger charge is 2.05. The number of pyridine rings is 2. The van der Waals surface area contributed by atoms with Crippen molar-refractivity contribution in [1.82, 2.24) is 19.9 Å². The summed E-state index contributed by atoms with van der Waals surface area (Å²) >= 11 is 3.56. The van der Waals surface area contributed by atoms with E-state index in [0.29, 0.717) is 17.9 Å². The number of hydrogen-bond donors (Lipinski definition) is 2. The van der Waals surface area contributed by atoms with E-state index < -0.39 is 0 Å². The minimum atomic E-state index is -0.120. The van der Waals surface area contributed by atoms with Gasteiger partial charge in [0.25, 0.3) is 5.56 Å². The second-order valence-corrected chi connectivity index (χ2v) is 7.75. The summed E-state index contributed by atoms with van der Waals surface area (Å²) in [5, 5.41) is 3.18. The van der Waals surface area contributed by atoms with E-state index in [9.17, 15) is 4.79 Å². The maximum Gasteiger partial charge on any atom is 0.255 e. The van der Waals surface area contributed by atoms with E-state index in [1.165, 1.54) is 0 Å². The maximum absolute atomic E-state index is 12.3. The second-order valence-electron chi connectivity index (χ2n) is 6.90. The number of aromatic amines is 1. The number of nitrogens with zero attached hydrogens (tertiary/aromatic N) is 3. The summed E-state index contributed by atoms with van der Waals surface area (Å²) in [5.74, 6) is 0.505. The fraction of sp³-hybridized carbons (Fsp3) is 0.333. The van der Waals surface area contributed by atoms with Crippen LogP contribution in [-0.4, -0.2) is 26.5 Å². The van der Waals surface area contributed by atoms with Crippen LogP contribution in [0.2, 0.25) is 0 Å². The topological polar surface area (TPSA) is 83.6 Å². The summed E-state index contributed by atoms with van der Waals surface area (Å²) in [4.78, 5) is 28.1. The Morgan fingerprint density at radius 2 is 1.90 bits per heavy atom. The van der Waals surface area contributed by atoms with Crippen molar-refractivity contribution >= 4 is 34.3 Å². The molecule has 0 aliphatic heterocycles. The van der Waals surface area contributed by atoms with Gasteiger partial charge in [-0.2, -0.15) is 0 Å². The zero-order valence-corrected chi connectivity index (χ0v) is 18.9. The first-order valence-corrected chi connectivity index (χ1v) is 10.1. The Balaban J connectivity index is 0.00000300. The first-order valence-electron chi connectivity index (χ1n) is 9.36. The van der Waals surface area contributed by atoms with Crippen molar-refractivity contribution in [3.63, 3.8) is 0 Å². The number of halogens is 2. The highest BCUT2D eigenvalue weighted by molar-refractivity contribution is 9.10. The Labute approximate surface area is 185 Å². The molecule has 0 fully saturated rings. The third-order valence-electron chi connectivity index (χ3n) is 4.43. The molecule has 0 amide bonds. The van der Waals surface area contributed by atoms with Crippen LogP contribution < -0.4 is 10.9 Å². The number of unbranched alkanes of at least 4 members (excludes halogenated alkanes) is 1. The SMILES string of the molecule is Cc1cnc(CCCCNc2ncc(Cc3ccc(C)nc3)c(=O)[nH]2)c(Br)c1.Cl. The van der Waals surface area contributed by atoms with Crippen LogP contribution in [0.3, 0.4) is 0 Å². The third-order valence-corrected chi connectivity index (χ3v) is 5.11. The molecule has 6 nitrogen and oxygen atoms in total. The van der Waals surface area contributed by atoms with Crippen molar-refractivity contribution in [2.45, 2.75) is 39.5 Å². The van der Waals surface area contributed by atoms with Gasteiger partial charge in [-0.05, 0) is 72.3 Å². The van der Waals surface area contributed by atoms with Gasteiger partial charge in [0, 0.05) is 47.3 Å². The van der Waals surface area contributed by atoms with Crippen LogP contribution in [0.4, 0.5) is 5.95 Å². The third kappa shape index (κ3) is 6.94. The van der Waals surface area contributed by atoms with E-state index in [1.54, 1.807) is 12.4 Å². The lowest BCUT2D eigenvalue weighted by molar-refractivity contribution is 0.742. The smallest absolute Gasteiger partial charge is 0.255 e. The maximum atomic E-state index is 12.3.